The van der Waals surface area contributed by atoms with Gasteiger partial charge in [0.05, 0.1) is 20.7 Å². The van der Waals surface area contributed by atoms with Gasteiger partial charge >= 0.3 is 5.97 Å². The number of hydrogen-bond donors (Lipinski definition) is 3. The normalized spacial score (nSPS) is 10.5. The van der Waals surface area contributed by atoms with Crippen molar-refractivity contribution in [3.8, 4) is 5.75 Å². The molecule has 0 aliphatic rings. The average Bonchev–Trinajstić information content (AvgIpc) is 3.02. The van der Waals surface area contributed by atoms with Gasteiger partial charge in [-0.3, -0.25) is 20.2 Å². The van der Waals surface area contributed by atoms with Gasteiger partial charge in [0.25, 0.3) is 11.6 Å². The molecule has 138 valence electrons. The molecule has 0 aliphatic heterocycles. The minimum absolute atomic E-state index is 0.0601. The van der Waals surface area contributed by atoms with Gasteiger partial charge in [-0.25, -0.2) is 9.78 Å². The Bertz CT molecular complexity index is 1060. The van der Waals surface area contributed by atoms with E-state index in [0.29, 0.717) is 10.2 Å². The van der Waals surface area contributed by atoms with Crippen LogP contribution in [0.5, 0.6) is 5.75 Å². The number of benzene rings is 2. The van der Waals surface area contributed by atoms with Crippen molar-refractivity contribution in [3.63, 3.8) is 0 Å². The molecule has 11 heteroatoms. The molecule has 2 aromatic carbocycles. The summed E-state index contributed by atoms with van der Waals surface area (Å²) in [6.07, 6.45) is 0. The number of nitrogen functional groups attached to an aromatic ring is 1. The Balaban J connectivity index is 1.64. The van der Waals surface area contributed by atoms with Crippen molar-refractivity contribution < 1.29 is 24.4 Å². The summed E-state index contributed by atoms with van der Waals surface area (Å²) in [5, 5.41) is 22.8. The highest BCUT2D eigenvalue weighted by atomic mass is 32.1. The Morgan fingerprint density at radius 3 is 2.81 bits per heavy atom. The van der Waals surface area contributed by atoms with E-state index < -0.39 is 23.4 Å². The second-order valence-corrected chi connectivity index (χ2v) is 6.35. The molecule has 1 aromatic heterocycles. The van der Waals surface area contributed by atoms with Gasteiger partial charge in [0.15, 0.2) is 11.7 Å². The number of aromatic nitrogens is 1. The molecule has 0 radical (unpaired) electrons. The number of ether oxygens (including phenoxy) is 1. The minimum atomic E-state index is -0.863. The van der Waals surface area contributed by atoms with E-state index in [1.807, 2.05) is 0 Å². The number of nitrogens with zero attached hydrogens (tertiary/aromatic N) is 2. The van der Waals surface area contributed by atoms with E-state index in [9.17, 15) is 24.8 Å². The zero-order valence-corrected chi connectivity index (χ0v) is 14.4. The van der Waals surface area contributed by atoms with Gasteiger partial charge in [-0.1, -0.05) is 11.3 Å². The Kier molecular flexibility index (Phi) is 4.86. The molecule has 1 amide bonds. The largest absolute Gasteiger partial charge is 0.508 e. The summed E-state index contributed by atoms with van der Waals surface area (Å²) in [6.45, 7) is -0.593. The van der Waals surface area contributed by atoms with Crippen LogP contribution >= 0.6 is 11.3 Å². The topological polar surface area (TPSA) is 158 Å². The molecule has 3 rings (SSSR count). The number of nitro groups is 1. The Hall–Kier alpha value is -3.73. The molecule has 0 spiro atoms. The van der Waals surface area contributed by atoms with Crippen molar-refractivity contribution in [2.75, 3.05) is 17.7 Å². The first-order chi connectivity index (χ1) is 12.8. The third-order valence-electron chi connectivity index (χ3n) is 3.42. The van der Waals surface area contributed by atoms with Gasteiger partial charge in [-0.15, -0.1) is 0 Å². The first-order valence-electron chi connectivity index (χ1n) is 7.44. The maximum Gasteiger partial charge on any atom is 0.340 e. The van der Waals surface area contributed by atoms with Crippen LogP contribution in [0, 0.1) is 10.1 Å². The van der Waals surface area contributed by atoms with E-state index in [2.05, 4.69) is 10.3 Å². The standard InChI is InChI=1S/C16H12N4O6S/c17-11-3-2-9(21)6-10(11)15(23)26-7-14(22)19-16-18-12-4-1-8(20(24)25)5-13(12)27-16/h1-6,21H,7,17H2,(H,18,19,22). The van der Waals surface area contributed by atoms with Crippen LogP contribution in [0.15, 0.2) is 36.4 Å². The first-order valence-corrected chi connectivity index (χ1v) is 8.25. The fourth-order valence-electron chi connectivity index (χ4n) is 2.17. The first kappa shape index (κ1) is 18.1. The van der Waals surface area contributed by atoms with Crippen molar-refractivity contribution in [3.05, 3.63) is 52.1 Å². The smallest absolute Gasteiger partial charge is 0.340 e. The zero-order valence-electron chi connectivity index (χ0n) is 13.5. The number of nitrogens with one attached hydrogen (secondary N) is 1. The lowest BCUT2D eigenvalue weighted by Crippen LogP contribution is -2.21. The number of hydrogen-bond acceptors (Lipinski definition) is 9. The van der Waals surface area contributed by atoms with Crippen LogP contribution in [0.3, 0.4) is 0 Å². The molecule has 1 heterocycles. The Morgan fingerprint density at radius 1 is 1.30 bits per heavy atom. The summed E-state index contributed by atoms with van der Waals surface area (Å²) >= 11 is 1.05. The maximum absolute atomic E-state index is 11.9. The molecule has 4 N–H and O–H groups in total. The van der Waals surface area contributed by atoms with Crippen molar-refractivity contribution >= 4 is 49.9 Å². The van der Waals surface area contributed by atoms with Gasteiger partial charge in [-0.05, 0) is 24.3 Å². The molecule has 0 aliphatic carbocycles. The fraction of sp³-hybridized carbons (Fsp3) is 0.0625. The number of carbonyl (C=O) groups is 2. The highest BCUT2D eigenvalue weighted by Gasteiger charge is 2.16. The number of nitro benzene ring substituents is 1. The van der Waals surface area contributed by atoms with Gasteiger partial charge in [-0.2, -0.15) is 0 Å². The number of esters is 1. The van der Waals surface area contributed by atoms with E-state index in [4.69, 9.17) is 10.5 Å². The molecule has 0 bridgehead atoms. The number of rotatable bonds is 5. The third-order valence-corrected chi connectivity index (χ3v) is 4.35. The SMILES string of the molecule is Nc1ccc(O)cc1C(=O)OCC(=O)Nc1nc2ccc([N+](=O)[O-])cc2s1. The average molecular weight is 388 g/mol. The van der Waals surface area contributed by atoms with E-state index in [1.165, 1.54) is 30.3 Å². The van der Waals surface area contributed by atoms with Crippen LogP contribution in [0.1, 0.15) is 10.4 Å². The van der Waals surface area contributed by atoms with Gasteiger partial charge in [0.1, 0.15) is 5.75 Å². The van der Waals surface area contributed by atoms with Crippen molar-refractivity contribution in [2.24, 2.45) is 0 Å². The highest BCUT2D eigenvalue weighted by Crippen LogP contribution is 2.29. The third kappa shape index (κ3) is 4.10. The molecular formula is C16H12N4O6S. The lowest BCUT2D eigenvalue weighted by Gasteiger charge is -2.07. The zero-order chi connectivity index (χ0) is 19.6. The summed E-state index contributed by atoms with van der Waals surface area (Å²) in [5.74, 6) is -1.67. The van der Waals surface area contributed by atoms with Crippen LogP contribution in [-0.2, 0) is 9.53 Å². The fourth-order valence-corrected chi connectivity index (χ4v) is 3.08. The minimum Gasteiger partial charge on any atom is -0.508 e. The van der Waals surface area contributed by atoms with Crippen LogP contribution in [0.2, 0.25) is 0 Å². The van der Waals surface area contributed by atoms with Crippen molar-refractivity contribution in [1.82, 2.24) is 4.98 Å². The van der Waals surface area contributed by atoms with Gasteiger partial charge in [0.2, 0.25) is 0 Å². The second kappa shape index (κ2) is 7.25. The number of phenolic OH excluding ortho intramolecular Hbond substituents is 1. The number of carbonyl (C=O) groups excluding carboxylic acids is 2. The number of nitrogens with two attached hydrogens (primary N) is 1. The van der Waals surface area contributed by atoms with E-state index in [0.717, 1.165) is 17.4 Å². The molecule has 0 saturated heterocycles. The Labute approximate surface area is 155 Å². The van der Waals surface area contributed by atoms with E-state index in [-0.39, 0.29) is 27.8 Å². The van der Waals surface area contributed by atoms with Crippen LogP contribution in [0.25, 0.3) is 10.2 Å². The maximum atomic E-state index is 11.9. The van der Waals surface area contributed by atoms with E-state index in [1.54, 1.807) is 0 Å². The lowest BCUT2D eigenvalue weighted by atomic mass is 10.2. The van der Waals surface area contributed by atoms with Crippen molar-refractivity contribution in [2.45, 2.75) is 0 Å². The summed E-state index contributed by atoms with van der Waals surface area (Å²) in [6, 6.07) is 7.94. The number of amides is 1. The van der Waals surface area contributed by atoms with Gasteiger partial charge in [0, 0.05) is 17.8 Å². The van der Waals surface area contributed by atoms with Gasteiger partial charge < -0.3 is 15.6 Å². The monoisotopic (exact) mass is 388 g/mol. The summed E-state index contributed by atoms with van der Waals surface area (Å²) < 4.78 is 5.40. The molecular weight excluding hydrogens is 376 g/mol. The molecule has 10 nitrogen and oxygen atoms in total. The number of thiazole rings is 1. The molecule has 3 aromatic rings. The van der Waals surface area contributed by atoms with E-state index >= 15 is 0 Å². The number of non-ortho nitro benzene ring substituents is 1. The predicted octanol–water partition coefficient (Wildman–Crippen LogP) is 2.29. The second-order valence-electron chi connectivity index (χ2n) is 5.32. The summed E-state index contributed by atoms with van der Waals surface area (Å²) in [7, 11) is 0. The highest BCUT2D eigenvalue weighted by molar-refractivity contribution is 7.22. The Morgan fingerprint density at radius 2 is 2.07 bits per heavy atom. The molecule has 27 heavy (non-hydrogen) atoms. The van der Waals surface area contributed by atoms with Crippen LogP contribution in [-0.4, -0.2) is 33.5 Å². The molecule has 0 fully saturated rings. The van der Waals surface area contributed by atoms with Crippen LogP contribution in [0.4, 0.5) is 16.5 Å². The molecule has 0 unspecified atom stereocenters. The van der Waals surface area contributed by atoms with Crippen LogP contribution < -0.4 is 11.1 Å². The number of anilines is 2. The predicted molar refractivity (Wildman–Crippen MR) is 97.7 cm³/mol. The summed E-state index contributed by atoms with van der Waals surface area (Å²) in [5.41, 5.74) is 6.08. The number of aromatic hydroxyl groups is 1. The number of fused-ring (bicyclic) bond motifs is 1. The quantitative estimate of drug-likeness (QED) is 0.197. The number of phenols is 1. The molecule has 0 atom stereocenters. The lowest BCUT2D eigenvalue weighted by molar-refractivity contribution is -0.384. The van der Waals surface area contributed by atoms with Crippen molar-refractivity contribution in [1.29, 1.82) is 0 Å². The molecule has 0 saturated carbocycles. The summed E-state index contributed by atoms with van der Waals surface area (Å²) in [4.78, 5) is 38.3.